The van der Waals surface area contributed by atoms with E-state index in [9.17, 15) is 41.0 Å². The summed E-state index contributed by atoms with van der Waals surface area (Å²) in [6.07, 6.45) is 0. The minimum atomic E-state index is -4.95. The van der Waals surface area contributed by atoms with Gasteiger partial charge in [0.25, 0.3) is 10.1 Å². The zero-order valence-corrected chi connectivity index (χ0v) is 21.6. The lowest BCUT2D eigenvalue weighted by atomic mass is 9.82. The molecule has 0 unspecified atom stereocenters. The number of nitrogens with two attached hydrogens (primary N) is 1. The van der Waals surface area contributed by atoms with Gasteiger partial charge in [0.1, 0.15) is 28.2 Å². The maximum Gasteiger partial charge on any atom is 0.296 e. The molecule has 14 heteroatoms. The molecule has 0 amide bonds. The number of halogens is 3. The second kappa shape index (κ2) is 10.0. The van der Waals surface area contributed by atoms with Crippen molar-refractivity contribution >= 4 is 50.1 Å². The number of nitrogens with zero attached hydrogens (tertiary/aromatic N) is 2. The highest BCUT2D eigenvalue weighted by Gasteiger charge is 2.36. The second-order valence-electron chi connectivity index (χ2n) is 8.88. The number of carbonyl (C=O) groups excluding carboxylic acids is 2. The molecule has 0 bridgehead atoms. The van der Waals surface area contributed by atoms with Crippen molar-refractivity contribution in [3.05, 3.63) is 105 Å². The molecule has 0 spiro atoms. The summed E-state index contributed by atoms with van der Waals surface area (Å²) in [4.78, 5) is 25.9. The Balaban J connectivity index is 1.57. The van der Waals surface area contributed by atoms with Crippen LogP contribution in [0.5, 0.6) is 0 Å². The van der Waals surface area contributed by atoms with Gasteiger partial charge in [-0.25, -0.2) is 13.2 Å². The van der Waals surface area contributed by atoms with Gasteiger partial charge in [-0.1, -0.05) is 24.3 Å². The smallest absolute Gasteiger partial charge is 0.296 e. The molecule has 0 heterocycles. The zero-order chi connectivity index (χ0) is 30.5. The molecule has 208 valence electrons. The van der Waals surface area contributed by atoms with Crippen LogP contribution >= 0.6 is 0 Å². The molecule has 0 saturated heterocycles. The van der Waals surface area contributed by atoms with Crippen molar-refractivity contribution in [1.82, 2.24) is 0 Å². The van der Waals surface area contributed by atoms with Crippen molar-refractivity contribution in [3.8, 4) is 12.1 Å². The predicted octanol–water partition coefficient (Wildman–Crippen LogP) is 4.94. The first-order valence-electron chi connectivity index (χ1n) is 11.7. The van der Waals surface area contributed by atoms with E-state index in [1.807, 2.05) is 0 Å². The van der Waals surface area contributed by atoms with E-state index in [4.69, 9.17) is 11.0 Å². The third kappa shape index (κ3) is 4.37. The van der Waals surface area contributed by atoms with Crippen molar-refractivity contribution in [2.45, 2.75) is 4.90 Å². The molecule has 5 N–H and O–H groups in total. The van der Waals surface area contributed by atoms with Crippen molar-refractivity contribution in [3.63, 3.8) is 0 Å². The standard InChI is InChI=1S/C28H14F3N5O5S/c29-22-16(10-32)24(31)26(17(11-33)23(22)30)36-13-7-5-12(6-8-13)35-18-9-19(42(39,40)41)25(34)21-20(18)27(37)14-3-1-2-4-15(14)28(21)38/h1-9,35-36H,34H2,(H,39,40,41). The lowest BCUT2D eigenvalue weighted by Gasteiger charge is -2.23. The van der Waals surface area contributed by atoms with Crippen LogP contribution in [-0.2, 0) is 10.1 Å². The van der Waals surface area contributed by atoms with Gasteiger partial charge in [0.15, 0.2) is 29.0 Å². The van der Waals surface area contributed by atoms with Gasteiger partial charge in [-0.05, 0) is 30.3 Å². The molecular formula is C28H14F3N5O5S. The summed E-state index contributed by atoms with van der Waals surface area (Å²) in [5, 5.41) is 23.4. The second-order valence-corrected chi connectivity index (χ2v) is 10.3. The van der Waals surface area contributed by atoms with Crippen LogP contribution in [0.2, 0.25) is 0 Å². The molecular weight excluding hydrogens is 575 g/mol. The first-order chi connectivity index (χ1) is 19.9. The topological polar surface area (TPSA) is 186 Å². The number of ketones is 2. The van der Waals surface area contributed by atoms with Crippen LogP contribution < -0.4 is 16.4 Å². The Morgan fingerprint density at radius 1 is 0.762 bits per heavy atom. The van der Waals surface area contributed by atoms with Gasteiger partial charge in [-0.2, -0.15) is 18.9 Å². The third-order valence-electron chi connectivity index (χ3n) is 6.46. The van der Waals surface area contributed by atoms with Crippen LogP contribution in [-0.4, -0.2) is 24.5 Å². The van der Waals surface area contributed by atoms with Crippen LogP contribution in [0.1, 0.15) is 43.0 Å². The van der Waals surface area contributed by atoms with Crippen LogP contribution in [0.25, 0.3) is 0 Å². The fourth-order valence-corrected chi connectivity index (χ4v) is 5.17. The molecule has 0 radical (unpaired) electrons. The summed E-state index contributed by atoms with van der Waals surface area (Å²) in [5.74, 6) is -6.36. The summed E-state index contributed by atoms with van der Waals surface area (Å²) in [7, 11) is -4.95. The van der Waals surface area contributed by atoms with Crippen molar-refractivity contribution < 1.29 is 35.7 Å². The molecule has 0 aromatic heterocycles. The number of nitrogens with one attached hydrogen (secondary N) is 2. The molecule has 4 aromatic rings. The number of nitrogen functional groups attached to an aromatic ring is 1. The Hall–Kier alpha value is -5.70. The molecule has 5 rings (SSSR count). The van der Waals surface area contributed by atoms with Crippen molar-refractivity contribution in [2.24, 2.45) is 0 Å². The Morgan fingerprint density at radius 3 is 1.79 bits per heavy atom. The zero-order valence-electron chi connectivity index (χ0n) is 20.8. The lowest BCUT2D eigenvalue weighted by molar-refractivity contribution is 0.0980. The largest absolute Gasteiger partial charge is 0.397 e. The fourth-order valence-electron chi connectivity index (χ4n) is 4.52. The van der Waals surface area contributed by atoms with Gasteiger partial charge in [0, 0.05) is 22.5 Å². The van der Waals surface area contributed by atoms with E-state index >= 15 is 0 Å². The fraction of sp³-hybridized carbons (Fsp3) is 0. The maximum atomic E-state index is 14.7. The number of carbonyl (C=O) groups is 2. The van der Waals surface area contributed by atoms with Gasteiger partial charge in [0.05, 0.1) is 28.2 Å². The first kappa shape index (κ1) is 27.9. The molecule has 0 aliphatic heterocycles. The highest BCUT2D eigenvalue weighted by Crippen LogP contribution is 2.40. The molecule has 0 atom stereocenters. The van der Waals surface area contributed by atoms with Gasteiger partial charge in [-0.3, -0.25) is 14.1 Å². The lowest BCUT2D eigenvalue weighted by Crippen LogP contribution is -2.25. The number of hydrogen-bond acceptors (Lipinski definition) is 9. The molecule has 42 heavy (non-hydrogen) atoms. The van der Waals surface area contributed by atoms with Crippen LogP contribution in [0, 0.1) is 40.1 Å². The van der Waals surface area contributed by atoms with Gasteiger partial charge in [-0.15, -0.1) is 0 Å². The minimum absolute atomic E-state index is 0.00341. The summed E-state index contributed by atoms with van der Waals surface area (Å²) >= 11 is 0. The SMILES string of the molecule is N#Cc1c(F)c(F)c(C#N)c(Nc2ccc(Nc3cc(S(=O)(=O)O)c(N)c4c3C(=O)c3ccccc3C4=O)cc2)c1F. The maximum absolute atomic E-state index is 14.7. The van der Waals surface area contributed by atoms with E-state index in [1.54, 1.807) is 0 Å². The minimum Gasteiger partial charge on any atom is -0.397 e. The predicted molar refractivity (Wildman–Crippen MR) is 143 cm³/mol. The van der Waals surface area contributed by atoms with Crippen LogP contribution in [0.3, 0.4) is 0 Å². The monoisotopic (exact) mass is 589 g/mol. The molecule has 10 nitrogen and oxygen atoms in total. The average Bonchev–Trinajstić information content (AvgIpc) is 2.96. The van der Waals surface area contributed by atoms with Crippen molar-refractivity contribution in [2.75, 3.05) is 16.4 Å². The van der Waals surface area contributed by atoms with E-state index in [0.29, 0.717) is 0 Å². The van der Waals surface area contributed by atoms with Gasteiger partial charge >= 0.3 is 0 Å². The van der Waals surface area contributed by atoms with E-state index in [-0.39, 0.29) is 33.8 Å². The van der Waals surface area contributed by atoms with Crippen LogP contribution in [0.15, 0.2) is 59.5 Å². The third-order valence-corrected chi connectivity index (χ3v) is 7.35. The first-order valence-corrected chi connectivity index (χ1v) is 13.1. The van der Waals surface area contributed by atoms with E-state index in [1.165, 1.54) is 60.7 Å². The van der Waals surface area contributed by atoms with Crippen LogP contribution in [0.4, 0.5) is 41.6 Å². The molecule has 1 aliphatic carbocycles. The van der Waals surface area contributed by atoms with Gasteiger partial charge < -0.3 is 16.4 Å². The summed E-state index contributed by atoms with van der Waals surface area (Å²) in [5.41, 5.74) is 1.81. The molecule has 0 fully saturated rings. The Morgan fingerprint density at radius 2 is 1.26 bits per heavy atom. The molecule has 4 aromatic carbocycles. The van der Waals surface area contributed by atoms with E-state index in [0.717, 1.165) is 6.07 Å². The quantitative estimate of drug-likeness (QED) is 0.124. The van der Waals surface area contributed by atoms with E-state index in [2.05, 4.69) is 10.6 Å². The number of fused-ring (bicyclic) bond motifs is 2. The Labute approximate surface area is 235 Å². The highest BCUT2D eigenvalue weighted by atomic mass is 32.2. The van der Waals surface area contributed by atoms with Gasteiger partial charge in [0.2, 0.25) is 0 Å². The number of nitriles is 2. The molecule has 1 aliphatic rings. The number of rotatable bonds is 5. The summed E-state index contributed by atoms with van der Waals surface area (Å²) < 4.78 is 76.8. The number of hydrogen-bond donors (Lipinski definition) is 4. The normalized spacial score (nSPS) is 12.1. The van der Waals surface area contributed by atoms with Crippen molar-refractivity contribution in [1.29, 1.82) is 10.5 Å². The Bertz CT molecular complexity index is 2070. The highest BCUT2D eigenvalue weighted by molar-refractivity contribution is 7.86. The number of anilines is 5. The molecule has 0 saturated carbocycles. The average molecular weight is 590 g/mol. The summed E-state index contributed by atoms with van der Waals surface area (Å²) in [6, 6.07) is 14.6. The van der Waals surface area contributed by atoms with E-state index < -0.39 is 72.1 Å². The summed E-state index contributed by atoms with van der Waals surface area (Å²) in [6.45, 7) is 0. The Kier molecular flexibility index (Phi) is 6.66. The number of benzene rings is 4.